The Hall–Kier alpha value is -2.15. The van der Waals surface area contributed by atoms with Gasteiger partial charge in [-0.3, -0.25) is 4.79 Å². The van der Waals surface area contributed by atoms with Crippen molar-refractivity contribution in [2.45, 2.75) is 52.1 Å². The molecule has 1 N–H and O–H groups in total. The van der Waals surface area contributed by atoms with Crippen molar-refractivity contribution in [1.82, 2.24) is 24.0 Å². The quantitative estimate of drug-likeness (QED) is 0.841. The number of hydrogen-bond donors (Lipinski definition) is 1. The van der Waals surface area contributed by atoms with E-state index in [1.807, 2.05) is 18.7 Å². The third-order valence-electron chi connectivity index (χ3n) is 4.53. The summed E-state index contributed by atoms with van der Waals surface area (Å²) in [6.07, 6.45) is 11.6. The molecule has 0 saturated carbocycles. The summed E-state index contributed by atoms with van der Waals surface area (Å²) in [5.41, 5.74) is 1.12. The van der Waals surface area contributed by atoms with E-state index in [0.29, 0.717) is 12.1 Å². The lowest BCUT2D eigenvalue weighted by molar-refractivity contribution is -0.122. The molecule has 1 aliphatic rings. The first-order valence-electron chi connectivity index (χ1n) is 8.97. The van der Waals surface area contributed by atoms with Gasteiger partial charge in [0.05, 0.1) is 12.5 Å². The van der Waals surface area contributed by atoms with Gasteiger partial charge in [-0.25, -0.2) is 9.97 Å². The molecule has 7 nitrogen and oxygen atoms in total. The Kier molecular flexibility index (Phi) is 7.18. The summed E-state index contributed by atoms with van der Waals surface area (Å²) in [6.45, 7) is 9.94. The number of imidazole rings is 2. The number of nitrogens with zero attached hydrogens (tertiary/aromatic N) is 5. The fourth-order valence-electron chi connectivity index (χ4n) is 3.47. The fraction of sp³-hybridized carbons (Fsp3) is 0.611. The monoisotopic (exact) mass is 347 g/mol. The van der Waals surface area contributed by atoms with Gasteiger partial charge in [0, 0.05) is 31.0 Å². The van der Waals surface area contributed by atoms with E-state index < -0.39 is 0 Å². The molecule has 0 bridgehead atoms. The summed E-state index contributed by atoms with van der Waals surface area (Å²) in [6, 6.07) is 0.916. The lowest BCUT2D eigenvalue weighted by Crippen LogP contribution is -2.37. The molecule has 0 amide bonds. The van der Waals surface area contributed by atoms with Crippen molar-refractivity contribution in [2.75, 3.05) is 19.6 Å². The summed E-state index contributed by atoms with van der Waals surface area (Å²) in [5.74, 6) is 1.05. The Morgan fingerprint density at radius 3 is 2.88 bits per heavy atom. The van der Waals surface area contributed by atoms with E-state index in [0.717, 1.165) is 18.1 Å². The van der Waals surface area contributed by atoms with Crippen molar-refractivity contribution in [3.05, 3.63) is 24.9 Å². The van der Waals surface area contributed by atoms with Crippen LogP contribution in [0.5, 0.6) is 0 Å². The molecule has 0 spiro atoms. The maximum Gasteiger partial charge on any atom is 0.290 e. The number of carboxylic acid groups (broad SMARTS) is 1. The lowest BCUT2D eigenvalue weighted by atomic mass is 10.1. The molecule has 1 saturated heterocycles. The van der Waals surface area contributed by atoms with Crippen LogP contribution >= 0.6 is 0 Å². The van der Waals surface area contributed by atoms with Crippen LogP contribution in [0.15, 0.2) is 24.9 Å². The number of likely N-dealkylation sites (tertiary alicyclic amines) is 1. The average Bonchev–Trinajstić information content (AvgIpc) is 3.25. The molecule has 138 valence electrons. The zero-order valence-electron chi connectivity index (χ0n) is 15.4. The van der Waals surface area contributed by atoms with Crippen molar-refractivity contribution in [1.29, 1.82) is 0 Å². The summed E-state index contributed by atoms with van der Waals surface area (Å²) in [7, 11) is 0. The van der Waals surface area contributed by atoms with Crippen LogP contribution in [0.2, 0.25) is 0 Å². The van der Waals surface area contributed by atoms with Crippen LogP contribution < -0.4 is 0 Å². The van der Waals surface area contributed by atoms with E-state index in [2.05, 4.69) is 51.0 Å². The second kappa shape index (κ2) is 9.36. The van der Waals surface area contributed by atoms with Gasteiger partial charge in [-0.1, -0.05) is 6.92 Å². The zero-order chi connectivity index (χ0) is 18.2. The minimum absolute atomic E-state index is 0.250. The minimum Gasteiger partial charge on any atom is -0.483 e. The number of carbonyl (C=O) groups is 1. The Balaban J connectivity index is 0.000000701. The highest BCUT2D eigenvalue weighted by Crippen LogP contribution is 2.28. The molecular weight excluding hydrogens is 318 g/mol. The molecule has 1 aliphatic heterocycles. The Morgan fingerprint density at radius 2 is 2.20 bits per heavy atom. The van der Waals surface area contributed by atoms with Gasteiger partial charge in [-0.15, -0.1) is 0 Å². The topological polar surface area (TPSA) is 76.2 Å². The highest BCUT2D eigenvalue weighted by Gasteiger charge is 2.24. The molecule has 3 rings (SSSR count). The third kappa shape index (κ3) is 4.69. The Labute approximate surface area is 149 Å². The number of hydrogen-bond acceptors (Lipinski definition) is 4. The second-order valence-electron chi connectivity index (χ2n) is 6.64. The van der Waals surface area contributed by atoms with E-state index in [4.69, 9.17) is 9.90 Å². The minimum atomic E-state index is -0.250. The van der Waals surface area contributed by atoms with Crippen LogP contribution in [-0.2, 0) is 4.79 Å². The van der Waals surface area contributed by atoms with Gasteiger partial charge in [0.1, 0.15) is 5.69 Å². The fourth-order valence-corrected chi connectivity index (χ4v) is 3.47. The van der Waals surface area contributed by atoms with E-state index in [-0.39, 0.29) is 6.47 Å². The molecule has 25 heavy (non-hydrogen) atoms. The van der Waals surface area contributed by atoms with E-state index in [9.17, 15) is 0 Å². The Morgan fingerprint density at radius 1 is 1.44 bits per heavy atom. The van der Waals surface area contributed by atoms with E-state index >= 15 is 0 Å². The molecule has 0 aliphatic carbocycles. The molecule has 1 unspecified atom stereocenters. The number of aromatic nitrogens is 4. The standard InChI is InChI=1S/C17H27N5.CH2O2/c1-4-8-20-9-5-6-15(12-20)21-10-7-19-17(21)16-11-18-13-22(16)14(2)3;2-1-3/h7,10-11,13-15H,4-6,8-9,12H2,1-3H3;1H,(H,2,3). The van der Waals surface area contributed by atoms with Gasteiger partial charge >= 0.3 is 0 Å². The van der Waals surface area contributed by atoms with Gasteiger partial charge < -0.3 is 19.1 Å². The average molecular weight is 347 g/mol. The predicted molar refractivity (Wildman–Crippen MR) is 97.5 cm³/mol. The molecule has 2 aromatic heterocycles. The first kappa shape index (κ1) is 19.2. The van der Waals surface area contributed by atoms with Crippen LogP contribution in [0.4, 0.5) is 0 Å². The smallest absolute Gasteiger partial charge is 0.290 e. The predicted octanol–water partition coefficient (Wildman–Crippen LogP) is 3.08. The van der Waals surface area contributed by atoms with Crippen molar-refractivity contribution in [3.63, 3.8) is 0 Å². The maximum atomic E-state index is 8.36. The SMILES string of the molecule is CCCN1CCCC(n2ccnc2-c2cncn2C(C)C)C1.O=CO. The van der Waals surface area contributed by atoms with Crippen molar-refractivity contribution in [2.24, 2.45) is 0 Å². The molecule has 3 heterocycles. The maximum absolute atomic E-state index is 8.36. The van der Waals surface area contributed by atoms with Crippen LogP contribution in [-0.4, -0.2) is 55.2 Å². The largest absolute Gasteiger partial charge is 0.483 e. The molecule has 1 atom stereocenters. The van der Waals surface area contributed by atoms with Crippen LogP contribution in [0.3, 0.4) is 0 Å². The first-order valence-corrected chi connectivity index (χ1v) is 8.97. The number of rotatable bonds is 5. The second-order valence-corrected chi connectivity index (χ2v) is 6.64. The molecule has 7 heteroatoms. The van der Waals surface area contributed by atoms with Gasteiger partial charge in [-0.2, -0.15) is 0 Å². The van der Waals surface area contributed by atoms with Crippen molar-refractivity contribution in [3.8, 4) is 11.5 Å². The molecule has 0 radical (unpaired) electrons. The number of piperidine rings is 1. The highest BCUT2D eigenvalue weighted by atomic mass is 16.3. The Bertz CT molecular complexity index is 647. The normalized spacial score (nSPS) is 18.0. The van der Waals surface area contributed by atoms with Crippen LogP contribution in [0.25, 0.3) is 11.5 Å². The molecular formula is C18H29N5O2. The first-order chi connectivity index (χ1) is 12.1. The summed E-state index contributed by atoms with van der Waals surface area (Å²) < 4.78 is 4.56. The molecule has 1 fully saturated rings. The summed E-state index contributed by atoms with van der Waals surface area (Å²) in [4.78, 5) is 19.9. The molecule has 2 aromatic rings. The third-order valence-corrected chi connectivity index (χ3v) is 4.53. The van der Waals surface area contributed by atoms with Gasteiger partial charge in [0.2, 0.25) is 0 Å². The summed E-state index contributed by atoms with van der Waals surface area (Å²) >= 11 is 0. The van der Waals surface area contributed by atoms with Crippen molar-refractivity contribution >= 4 is 6.47 Å². The van der Waals surface area contributed by atoms with E-state index in [1.54, 1.807) is 0 Å². The summed E-state index contributed by atoms with van der Waals surface area (Å²) in [5, 5.41) is 6.89. The highest BCUT2D eigenvalue weighted by molar-refractivity contribution is 5.50. The molecule has 0 aromatic carbocycles. The van der Waals surface area contributed by atoms with Gasteiger partial charge in [0.25, 0.3) is 6.47 Å². The zero-order valence-corrected chi connectivity index (χ0v) is 15.4. The van der Waals surface area contributed by atoms with Crippen molar-refractivity contribution < 1.29 is 9.90 Å². The van der Waals surface area contributed by atoms with Gasteiger partial charge in [0.15, 0.2) is 5.82 Å². The van der Waals surface area contributed by atoms with Gasteiger partial charge in [-0.05, 0) is 46.2 Å². The van der Waals surface area contributed by atoms with E-state index in [1.165, 1.54) is 32.4 Å². The van der Waals surface area contributed by atoms with Crippen LogP contribution in [0, 0.1) is 0 Å². The lowest BCUT2D eigenvalue weighted by Gasteiger charge is -2.34. The van der Waals surface area contributed by atoms with Crippen LogP contribution in [0.1, 0.15) is 52.1 Å².